The van der Waals surface area contributed by atoms with Gasteiger partial charge in [0.15, 0.2) is 14.1 Å². The van der Waals surface area contributed by atoms with Crippen LogP contribution < -0.4 is 0 Å². The van der Waals surface area contributed by atoms with Crippen LogP contribution in [-0.4, -0.2) is 32.9 Å². The maximum Gasteiger partial charge on any atom is 0.191 e. The molecule has 1 aromatic carbocycles. The van der Waals surface area contributed by atoms with Gasteiger partial charge in [0.2, 0.25) is 0 Å². The standard InChI is InChI=1S/C22H38O3Si/c1-21(2,3)26(6,7)23-16-15-20-17-19(24-22(4,5)25-20)14-13-18-11-9-8-10-12-18/h8-12,19-20H,13-17H2,1-7H3/t19-,20-/m0/s1. The van der Waals surface area contributed by atoms with Crippen LogP contribution in [0.3, 0.4) is 0 Å². The normalized spacial score (nSPS) is 23.8. The van der Waals surface area contributed by atoms with Crippen molar-refractivity contribution in [1.29, 1.82) is 0 Å². The molecule has 0 unspecified atom stereocenters. The van der Waals surface area contributed by atoms with Gasteiger partial charge >= 0.3 is 0 Å². The fourth-order valence-electron chi connectivity index (χ4n) is 3.21. The second kappa shape index (κ2) is 8.55. The lowest BCUT2D eigenvalue weighted by molar-refractivity contribution is -0.301. The Kier molecular flexibility index (Phi) is 7.11. The summed E-state index contributed by atoms with van der Waals surface area (Å²) in [5, 5.41) is 0.251. The van der Waals surface area contributed by atoms with Crippen molar-refractivity contribution in [2.24, 2.45) is 0 Å². The van der Waals surface area contributed by atoms with E-state index in [0.717, 1.165) is 32.3 Å². The predicted molar refractivity (Wildman–Crippen MR) is 111 cm³/mol. The second-order valence-electron chi connectivity index (χ2n) is 9.54. The van der Waals surface area contributed by atoms with Crippen molar-refractivity contribution in [1.82, 2.24) is 0 Å². The highest BCUT2D eigenvalue weighted by Crippen LogP contribution is 2.37. The summed E-state index contributed by atoms with van der Waals surface area (Å²) in [6.07, 6.45) is 4.45. The van der Waals surface area contributed by atoms with Crippen molar-refractivity contribution in [3.8, 4) is 0 Å². The third-order valence-corrected chi connectivity index (χ3v) is 10.3. The van der Waals surface area contributed by atoms with Crippen molar-refractivity contribution in [3.05, 3.63) is 35.9 Å². The molecule has 1 saturated heterocycles. The van der Waals surface area contributed by atoms with Crippen LogP contribution in [0.15, 0.2) is 30.3 Å². The highest BCUT2D eigenvalue weighted by Gasteiger charge is 2.38. The average Bonchev–Trinajstić information content (AvgIpc) is 2.51. The first-order valence-corrected chi connectivity index (χ1v) is 12.9. The fourth-order valence-corrected chi connectivity index (χ4v) is 4.27. The Morgan fingerprint density at radius 1 is 1.04 bits per heavy atom. The van der Waals surface area contributed by atoms with Crippen molar-refractivity contribution in [2.75, 3.05) is 6.61 Å². The number of hydrogen-bond donors (Lipinski definition) is 0. The van der Waals surface area contributed by atoms with Gasteiger partial charge in [-0.05, 0) is 56.8 Å². The summed E-state index contributed by atoms with van der Waals surface area (Å²) in [6.45, 7) is 16.3. The molecule has 0 N–H and O–H groups in total. The van der Waals surface area contributed by atoms with E-state index in [1.807, 2.05) is 13.8 Å². The summed E-state index contributed by atoms with van der Waals surface area (Å²) in [5.41, 5.74) is 1.37. The van der Waals surface area contributed by atoms with E-state index in [1.54, 1.807) is 0 Å². The van der Waals surface area contributed by atoms with E-state index in [9.17, 15) is 0 Å². The predicted octanol–water partition coefficient (Wildman–Crippen LogP) is 5.94. The lowest BCUT2D eigenvalue weighted by Gasteiger charge is -2.42. The van der Waals surface area contributed by atoms with E-state index in [1.165, 1.54) is 5.56 Å². The molecule has 1 aromatic rings. The Morgan fingerprint density at radius 3 is 2.19 bits per heavy atom. The number of rotatable bonds is 7. The van der Waals surface area contributed by atoms with Gasteiger partial charge in [0.25, 0.3) is 0 Å². The summed E-state index contributed by atoms with van der Waals surface area (Å²) < 4.78 is 18.7. The first kappa shape index (κ1) is 21.6. The molecule has 0 spiro atoms. The third kappa shape index (κ3) is 6.49. The Morgan fingerprint density at radius 2 is 1.62 bits per heavy atom. The zero-order chi connectivity index (χ0) is 19.4. The van der Waals surface area contributed by atoms with Crippen LogP contribution in [0.1, 0.15) is 59.4 Å². The molecule has 2 rings (SSSR count). The molecule has 0 bridgehead atoms. The third-order valence-electron chi connectivity index (χ3n) is 5.73. The van der Waals surface area contributed by atoms with Crippen molar-refractivity contribution in [2.45, 2.75) is 96.4 Å². The van der Waals surface area contributed by atoms with E-state index in [4.69, 9.17) is 13.9 Å². The molecular formula is C22H38O3Si. The summed E-state index contributed by atoms with van der Waals surface area (Å²) in [6, 6.07) is 10.6. The molecule has 1 aliphatic rings. The van der Waals surface area contributed by atoms with Crippen LogP contribution in [0.4, 0.5) is 0 Å². The molecule has 2 atom stereocenters. The largest absolute Gasteiger partial charge is 0.417 e. The number of hydrogen-bond acceptors (Lipinski definition) is 3. The minimum atomic E-state index is -1.69. The van der Waals surface area contributed by atoms with Crippen LogP contribution >= 0.6 is 0 Å². The van der Waals surface area contributed by atoms with Crippen LogP contribution in [0.2, 0.25) is 18.1 Å². The molecule has 26 heavy (non-hydrogen) atoms. The van der Waals surface area contributed by atoms with Crippen molar-refractivity contribution < 1.29 is 13.9 Å². The summed E-state index contributed by atoms with van der Waals surface area (Å²) in [5.74, 6) is -0.513. The molecule has 0 amide bonds. The molecule has 0 aromatic heterocycles. The molecular weight excluding hydrogens is 340 g/mol. The van der Waals surface area contributed by atoms with Crippen molar-refractivity contribution in [3.63, 3.8) is 0 Å². The van der Waals surface area contributed by atoms with Crippen LogP contribution in [-0.2, 0) is 20.3 Å². The Hall–Kier alpha value is -0.683. The zero-order valence-corrected chi connectivity index (χ0v) is 18.8. The summed E-state index contributed by atoms with van der Waals surface area (Å²) >= 11 is 0. The first-order valence-electron chi connectivity index (χ1n) is 10.0. The molecule has 3 nitrogen and oxygen atoms in total. The van der Waals surface area contributed by atoms with Gasteiger partial charge in [-0.15, -0.1) is 0 Å². The van der Waals surface area contributed by atoms with E-state index >= 15 is 0 Å². The first-order chi connectivity index (χ1) is 12.0. The Bertz CT molecular complexity index is 548. The maximum atomic E-state index is 6.35. The van der Waals surface area contributed by atoms with Gasteiger partial charge in [-0.3, -0.25) is 0 Å². The SMILES string of the molecule is CC1(C)O[C@@H](CCO[Si](C)(C)C(C)(C)C)C[C@H](CCc2ccccc2)O1. The van der Waals surface area contributed by atoms with Crippen LogP contribution in [0, 0.1) is 0 Å². The van der Waals surface area contributed by atoms with Gasteiger partial charge in [0, 0.05) is 13.0 Å². The number of benzene rings is 1. The van der Waals surface area contributed by atoms with Gasteiger partial charge in [-0.1, -0.05) is 51.1 Å². The van der Waals surface area contributed by atoms with Gasteiger partial charge in [0.05, 0.1) is 12.2 Å². The monoisotopic (exact) mass is 378 g/mol. The smallest absolute Gasteiger partial charge is 0.191 e. The molecule has 0 aliphatic carbocycles. The maximum absolute atomic E-state index is 6.35. The second-order valence-corrected chi connectivity index (χ2v) is 14.3. The quantitative estimate of drug-likeness (QED) is 0.549. The minimum absolute atomic E-state index is 0.212. The van der Waals surface area contributed by atoms with Crippen LogP contribution in [0.25, 0.3) is 0 Å². The highest BCUT2D eigenvalue weighted by atomic mass is 28.4. The minimum Gasteiger partial charge on any atom is -0.417 e. The number of aryl methyl sites for hydroxylation is 1. The topological polar surface area (TPSA) is 27.7 Å². The summed E-state index contributed by atoms with van der Waals surface area (Å²) in [4.78, 5) is 0. The summed E-state index contributed by atoms with van der Waals surface area (Å²) in [7, 11) is -1.69. The van der Waals surface area contributed by atoms with Crippen LogP contribution in [0.5, 0.6) is 0 Å². The Labute approximate surface area is 161 Å². The molecule has 1 heterocycles. The molecule has 1 fully saturated rings. The zero-order valence-electron chi connectivity index (χ0n) is 17.8. The lowest BCUT2D eigenvalue weighted by atomic mass is 9.99. The van der Waals surface area contributed by atoms with Gasteiger partial charge in [-0.25, -0.2) is 0 Å². The van der Waals surface area contributed by atoms with E-state index < -0.39 is 14.1 Å². The van der Waals surface area contributed by atoms with Crippen molar-refractivity contribution >= 4 is 8.32 Å². The van der Waals surface area contributed by atoms with E-state index in [0.29, 0.717) is 0 Å². The van der Waals surface area contributed by atoms with E-state index in [2.05, 4.69) is 64.2 Å². The molecule has 0 saturated carbocycles. The highest BCUT2D eigenvalue weighted by molar-refractivity contribution is 6.74. The molecule has 148 valence electrons. The lowest BCUT2D eigenvalue weighted by Crippen LogP contribution is -2.46. The molecule has 4 heteroatoms. The molecule has 1 aliphatic heterocycles. The average molecular weight is 379 g/mol. The van der Waals surface area contributed by atoms with Gasteiger partial charge < -0.3 is 13.9 Å². The Balaban J connectivity index is 1.85. The van der Waals surface area contributed by atoms with E-state index in [-0.39, 0.29) is 17.2 Å². The number of ether oxygens (including phenoxy) is 2. The molecule has 0 radical (unpaired) electrons. The fraction of sp³-hybridized carbons (Fsp3) is 0.727. The van der Waals surface area contributed by atoms with Gasteiger partial charge in [0.1, 0.15) is 0 Å². The van der Waals surface area contributed by atoms with Gasteiger partial charge in [-0.2, -0.15) is 0 Å².